The summed E-state index contributed by atoms with van der Waals surface area (Å²) in [6.45, 7) is 11.5. The van der Waals surface area contributed by atoms with Crippen LogP contribution in [-0.4, -0.2) is 15.6 Å². The van der Waals surface area contributed by atoms with Crippen molar-refractivity contribution in [3.8, 4) is 0 Å². The van der Waals surface area contributed by atoms with E-state index in [1.54, 1.807) is 0 Å². The minimum atomic E-state index is -1.57. The van der Waals surface area contributed by atoms with Crippen LogP contribution in [-0.2, 0) is 4.43 Å². The number of rotatable bonds is 2. The van der Waals surface area contributed by atoms with Gasteiger partial charge in [-0.3, -0.25) is 0 Å². The normalized spacial score (nSPS) is 18.5. The van der Waals surface area contributed by atoms with E-state index in [1.165, 1.54) is 12.1 Å². The summed E-state index contributed by atoms with van der Waals surface area (Å²) in [6.07, 6.45) is 5.61. The summed E-state index contributed by atoms with van der Waals surface area (Å²) in [5, 5.41) is 0.314. The molecular weight excluding hydrogens is 187 g/mol. The third kappa shape index (κ3) is 2.91. The molecule has 79 valence electrons. The van der Waals surface area contributed by atoms with Crippen LogP contribution >= 0.6 is 0 Å². The zero-order valence-corrected chi connectivity index (χ0v) is 11.2. The second kappa shape index (κ2) is 4.13. The van der Waals surface area contributed by atoms with Crippen molar-refractivity contribution in [1.82, 2.24) is 0 Å². The molecular formula is C11H22BOSi. The smallest absolute Gasteiger partial charge is 0.250 e. The molecule has 0 unspecified atom stereocenters. The molecule has 0 atom stereocenters. The molecule has 0 saturated carbocycles. The molecule has 0 spiro atoms. The Bertz CT molecular complexity index is 228. The number of allylic oxidation sites excluding steroid dienone is 2. The Morgan fingerprint density at radius 1 is 1.36 bits per heavy atom. The average Bonchev–Trinajstić information content (AvgIpc) is 2.03. The highest BCUT2D eigenvalue weighted by atomic mass is 28.4. The fourth-order valence-corrected chi connectivity index (χ4v) is 2.40. The molecule has 1 heterocycles. The first-order valence-electron chi connectivity index (χ1n) is 5.53. The van der Waals surface area contributed by atoms with Crippen molar-refractivity contribution in [2.45, 2.75) is 58.0 Å². The zero-order valence-electron chi connectivity index (χ0n) is 10.2. The molecule has 0 aromatic carbocycles. The van der Waals surface area contributed by atoms with Gasteiger partial charge < -0.3 is 4.43 Å². The van der Waals surface area contributed by atoms with Crippen LogP contribution in [0.2, 0.25) is 30.8 Å². The fraction of sp³-hybridized carbons (Fsp3) is 0.818. The van der Waals surface area contributed by atoms with Crippen LogP contribution in [0.4, 0.5) is 0 Å². The number of hydrogen-bond donors (Lipinski definition) is 0. The van der Waals surface area contributed by atoms with Gasteiger partial charge in [0.15, 0.2) is 0 Å². The maximum Gasteiger partial charge on any atom is 0.250 e. The van der Waals surface area contributed by atoms with Gasteiger partial charge >= 0.3 is 0 Å². The van der Waals surface area contributed by atoms with E-state index in [9.17, 15) is 0 Å². The Balaban J connectivity index is 2.62. The Labute approximate surface area is 90.3 Å². The molecule has 0 aromatic rings. The van der Waals surface area contributed by atoms with E-state index in [0.29, 0.717) is 5.04 Å². The molecule has 1 aliphatic heterocycles. The first-order chi connectivity index (χ1) is 6.33. The maximum atomic E-state index is 6.22. The molecule has 0 aromatic heterocycles. The Morgan fingerprint density at radius 3 is 2.43 bits per heavy atom. The molecule has 0 saturated heterocycles. The molecule has 1 aliphatic rings. The highest BCUT2D eigenvalue weighted by Gasteiger charge is 2.39. The molecule has 1 radical (unpaired) electrons. The maximum absolute atomic E-state index is 6.22. The summed E-state index contributed by atoms with van der Waals surface area (Å²) in [5.74, 6) is 1.24. The van der Waals surface area contributed by atoms with Crippen LogP contribution in [0.1, 0.15) is 27.2 Å². The summed E-state index contributed by atoms with van der Waals surface area (Å²) in [7, 11) is 0.743. The molecule has 0 amide bonds. The lowest BCUT2D eigenvalue weighted by molar-refractivity contribution is 0.369. The highest BCUT2D eigenvalue weighted by molar-refractivity contribution is 6.74. The molecule has 0 N–H and O–H groups in total. The van der Waals surface area contributed by atoms with Crippen LogP contribution in [0.25, 0.3) is 0 Å². The largest absolute Gasteiger partial charge is 0.547 e. The van der Waals surface area contributed by atoms with Crippen LogP contribution < -0.4 is 0 Å². The van der Waals surface area contributed by atoms with Gasteiger partial charge in [0.1, 0.15) is 7.28 Å². The van der Waals surface area contributed by atoms with E-state index in [1.807, 2.05) is 0 Å². The monoisotopic (exact) mass is 209 g/mol. The van der Waals surface area contributed by atoms with E-state index in [-0.39, 0.29) is 0 Å². The fourth-order valence-electron chi connectivity index (χ4n) is 1.25. The zero-order chi connectivity index (χ0) is 10.8. The average molecular weight is 209 g/mol. The van der Waals surface area contributed by atoms with Crippen molar-refractivity contribution < 1.29 is 4.43 Å². The molecule has 1 rings (SSSR count). The van der Waals surface area contributed by atoms with Crippen molar-refractivity contribution >= 4 is 15.6 Å². The topological polar surface area (TPSA) is 9.23 Å². The number of hydrogen-bond acceptors (Lipinski definition) is 1. The third-order valence-corrected chi connectivity index (χ3v) is 7.68. The van der Waals surface area contributed by atoms with Gasteiger partial charge in [-0.05, 0) is 24.6 Å². The molecule has 0 aliphatic carbocycles. The van der Waals surface area contributed by atoms with E-state index >= 15 is 0 Å². The second-order valence-electron chi connectivity index (χ2n) is 5.60. The van der Waals surface area contributed by atoms with Crippen molar-refractivity contribution in [3.05, 3.63) is 11.8 Å². The first kappa shape index (κ1) is 11.9. The summed E-state index contributed by atoms with van der Waals surface area (Å²) in [6, 6.07) is 0. The molecule has 0 bridgehead atoms. The Morgan fingerprint density at radius 2 is 2.00 bits per heavy atom. The third-order valence-electron chi connectivity index (χ3n) is 3.30. The molecule has 14 heavy (non-hydrogen) atoms. The molecule has 1 nitrogen and oxygen atoms in total. The van der Waals surface area contributed by atoms with Gasteiger partial charge in [-0.2, -0.15) is 0 Å². The lowest BCUT2D eigenvalue weighted by Gasteiger charge is -2.38. The van der Waals surface area contributed by atoms with Gasteiger partial charge in [-0.25, -0.2) is 0 Å². The van der Waals surface area contributed by atoms with Crippen molar-refractivity contribution in [1.29, 1.82) is 0 Å². The van der Waals surface area contributed by atoms with E-state index in [4.69, 9.17) is 4.43 Å². The summed E-state index contributed by atoms with van der Waals surface area (Å²) < 4.78 is 6.22. The van der Waals surface area contributed by atoms with Gasteiger partial charge in [0, 0.05) is 0 Å². The van der Waals surface area contributed by atoms with Gasteiger partial charge in [-0.15, -0.1) is 0 Å². The molecule has 0 fully saturated rings. The quantitative estimate of drug-likeness (QED) is 0.628. The van der Waals surface area contributed by atoms with Gasteiger partial charge in [0.05, 0.1) is 5.76 Å². The van der Waals surface area contributed by atoms with E-state index in [2.05, 4.69) is 47.2 Å². The predicted octanol–water partition coefficient (Wildman–Crippen LogP) is 3.84. The van der Waals surface area contributed by atoms with Crippen molar-refractivity contribution in [2.24, 2.45) is 0 Å². The minimum Gasteiger partial charge on any atom is -0.547 e. The van der Waals surface area contributed by atoms with Gasteiger partial charge in [-0.1, -0.05) is 39.5 Å². The molecule has 3 heteroatoms. The van der Waals surface area contributed by atoms with Gasteiger partial charge in [0.25, 0.3) is 0 Å². The first-order valence-corrected chi connectivity index (χ1v) is 8.43. The second-order valence-corrected chi connectivity index (χ2v) is 10.3. The Hall–Kier alpha value is -0.178. The van der Waals surface area contributed by atoms with E-state index in [0.717, 1.165) is 12.7 Å². The van der Waals surface area contributed by atoms with E-state index < -0.39 is 8.32 Å². The lowest BCUT2D eigenvalue weighted by atomic mass is 9.67. The standard InChI is InChI=1S/C11H22BOSi/c1-11(2,3)14(4,5)13-10-6-8-12-9-7-10/h6H,7-9H2,1-5H3. The predicted molar refractivity (Wildman–Crippen MR) is 66.4 cm³/mol. The van der Waals surface area contributed by atoms with Crippen LogP contribution in [0.5, 0.6) is 0 Å². The lowest BCUT2D eigenvalue weighted by Crippen LogP contribution is -2.40. The summed E-state index contributed by atoms with van der Waals surface area (Å²) in [4.78, 5) is 0. The van der Waals surface area contributed by atoms with Crippen molar-refractivity contribution in [3.63, 3.8) is 0 Å². The highest BCUT2D eigenvalue weighted by Crippen LogP contribution is 2.38. The van der Waals surface area contributed by atoms with Crippen LogP contribution in [0.3, 0.4) is 0 Å². The SMILES string of the molecule is CC(C)(C)[Si](C)(C)OC1=CC[B]CC1. The Kier molecular flexibility index (Phi) is 3.51. The minimum absolute atomic E-state index is 0.314. The summed E-state index contributed by atoms with van der Waals surface area (Å²) >= 11 is 0. The van der Waals surface area contributed by atoms with Crippen LogP contribution in [0.15, 0.2) is 11.8 Å². The van der Waals surface area contributed by atoms with Crippen LogP contribution in [0, 0.1) is 0 Å². The van der Waals surface area contributed by atoms with Gasteiger partial charge in [0.2, 0.25) is 8.32 Å². The summed E-state index contributed by atoms with van der Waals surface area (Å²) in [5.41, 5.74) is 0. The van der Waals surface area contributed by atoms with Crippen molar-refractivity contribution in [2.75, 3.05) is 0 Å².